The van der Waals surface area contributed by atoms with Crippen LogP contribution in [0, 0.1) is 17.8 Å². The van der Waals surface area contributed by atoms with Gasteiger partial charge < -0.3 is 5.32 Å². The number of hydrogen-bond donors (Lipinski definition) is 1. The van der Waals surface area contributed by atoms with Crippen LogP contribution in [0.4, 0.5) is 13.2 Å². The molecule has 0 heterocycles. The molecule has 0 saturated heterocycles. The van der Waals surface area contributed by atoms with Gasteiger partial charge >= 0.3 is 6.18 Å². The Bertz CT molecular complexity index is 485. The Morgan fingerprint density at radius 3 is 2.33 bits per heavy atom. The Morgan fingerprint density at radius 1 is 1.14 bits per heavy atom. The van der Waals surface area contributed by atoms with Crippen LogP contribution in [-0.2, 0) is 6.18 Å². The lowest BCUT2D eigenvalue weighted by Gasteiger charge is -2.23. The smallest absolute Gasteiger partial charge is 0.310 e. The van der Waals surface area contributed by atoms with Crippen molar-refractivity contribution in [1.82, 2.24) is 5.32 Å². The van der Waals surface area contributed by atoms with Crippen LogP contribution in [-0.4, -0.2) is 6.54 Å². The van der Waals surface area contributed by atoms with Crippen LogP contribution in [0.25, 0.3) is 0 Å². The highest BCUT2D eigenvalue weighted by molar-refractivity contribution is 5.34. The minimum Gasteiger partial charge on any atom is -0.310 e. The Labute approximate surface area is 123 Å². The fourth-order valence-corrected chi connectivity index (χ4v) is 4.24. The van der Waals surface area contributed by atoms with Crippen LogP contribution in [0.1, 0.15) is 49.8 Å². The number of fused-ring (bicyclic) bond motifs is 1. The van der Waals surface area contributed by atoms with Gasteiger partial charge in [-0.3, -0.25) is 0 Å². The van der Waals surface area contributed by atoms with Crippen molar-refractivity contribution < 1.29 is 13.2 Å². The summed E-state index contributed by atoms with van der Waals surface area (Å²) in [6, 6.07) is 5.92. The lowest BCUT2D eigenvalue weighted by Crippen LogP contribution is -2.26. The van der Waals surface area contributed by atoms with Crippen molar-refractivity contribution in [3.05, 3.63) is 35.4 Å². The summed E-state index contributed by atoms with van der Waals surface area (Å²) < 4.78 is 39.8. The third-order valence-electron chi connectivity index (χ3n) is 5.13. The molecule has 21 heavy (non-hydrogen) atoms. The monoisotopic (exact) mass is 297 g/mol. The second kappa shape index (κ2) is 5.64. The van der Waals surface area contributed by atoms with Crippen LogP contribution in [0.2, 0.25) is 0 Å². The molecule has 1 N–H and O–H groups in total. The van der Waals surface area contributed by atoms with E-state index in [4.69, 9.17) is 0 Å². The van der Waals surface area contributed by atoms with Gasteiger partial charge in [-0.25, -0.2) is 0 Å². The third-order valence-corrected chi connectivity index (χ3v) is 5.13. The zero-order chi connectivity index (χ0) is 15.0. The molecule has 0 amide bonds. The van der Waals surface area contributed by atoms with Gasteiger partial charge in [-0.2, -0.15) is 13.2 Å². The summed E-state index contributed by atoms with van der Waals surface area (Å²) in [5, 5.41) is 3.33. The third kappa shape index (κ3) is 2.83. The van der Waals surface area contributed by atoms with Gasteiger partial charge in [0.2, 0.25) is 0 Å². The van der Waals surface area contributed by atoms with Crippen LogP contribution in [0.15, 0.2) is 24.3 Å². The predicted molar refractivity (Wildman–Crippen MR) is 76.8 cm³/mol. The van der Waals surface area contributed by atoms with Crippen molar-refractivity contribution >= 4 is 0 Å². The average Bonchev–Trinajstić information content (AvgIpc) is 3.18. The minimum absolute atomic E-state index is 0.152. The highest BCUT2D eigenvalue weighted by atomic mass is 19.4. The summed E-state index contributed by atoms with van der Waals surface area (Å²) in [7, 11) is 0. The predicted octanol–water partition coefficient (Wildman–Crippen LogP) is 4.79. The summed E-state index contributed by atoms with van der Waals surface area (Å²) in [5.74, 6) is 1.64. The van der Waals surface area contributed by atoms with Crippen LogP contribution in [0.3, 0.4) is 0 Å². The summed E-state index contributed by atoms with van der Waals surface area (Å²) in [5.41, 5.74) is -0.0363. The quantitative estimate of drug-likeness (QED) is 0.842. The van der Waals surface area contributed by atoms with Gasteiger partial charge in [0.25, 0.3) is 0 Å². The molecule has 2 aliphatic rings. The molecule has 1 aromatic rings. The Balaban J connectivity index is 1.92. The fourth-order valence-electron chi connectivity index (χ4n) is 4.24. The van der Waals surface area contributed by atoms with Crippen molar-refractivity contribution in [2.24, 2.45) is 17.8 Å². The number of halogens is 3. The molecule has 116 valence electrons. The van der Waals surface area contributed by atoms with Crippen molar-refractivity contribution in [2.75, 3.05) is 6.54 Å². The molecular formula is C17H22F3N. The summed E-state index contributed by atoms with van der Waals surface area (Å²) in [4.78, 5) is 0. The molecule has 3 unspecified atom stereocenters. The van der Waals surface area contributed by atoms with Gasteiger partial charge in [0.05, 0.1) is 5.56 Å². The number of alkyl halides is 3. The zero-order valence-electron chi connectivity index (χ0n) is 12.3. The Kier molecular flexibility index (Phi) is 4.00. The zero-order valence-corrected chi connectivity index (χ0v) is 12.3. The first-order chi connectivity index (χ1) is 10.0. The highest BCUT2D eigenvalue weighted by Crippen LogP contribution is 2.61. The first-order valence-electron chi connectivity index (χ1n) is 7.93. The maximum Gasteiger partial charge on any atom is 0.416 e. The van der Waals surface area contributed by atoms with E-state index in [0.29, 0.717) is 29.9 Å². The molecule has 0 bridgehead atoms. The molecule has 1 nitrogen and oxygen atoms in total. The summed E-state index contributed by atoms with van der Waals surface area (Å²) >= 11 is 0. The average molecular weight is 297 g/mol. The standard InChI is InChI=1S/C17H22F3N/c1-2-21-16(15-11-7-3-4-8-12(11)15)13-9-5-6-10-14(13)17(18,19)20/h5-6,9-12,15-16,21H,2-4,7-8H2,1H3. The van der Waals surface area contributed by atoms with Gasteiger partial charge in [0.1, 0.15) is 0 Å². The van der Waals surface area contributed by atoms with E-state index < -0.39 is 11.7 Å². The fraction of sp³-hybridized carbons (Fsp3) is 0.647. The van der Waals surface area contributed by atoms with E-state index in [2.05, 4.69) is 5.32 Å². The van der Waals surface area contributed by atoms with Crippen LogP contribution >= 0.6 is 0 Å². The van der Waals surface area contributed by atoms with Crippen molar-refractivity contribution in [3.8, 4) is 0 Å². The van der Waals surface area contributed by atoms with E-state index in [0.717, 1.165) is 0 Å². The first kappa shape index (κ1) is 14.9. The number of benzene rings is 1. The van der Waals surface area contributed by atoms with E-state index in [9.17, 15) is 13.2 Å². The van der Waals surface area contributed by atoms with Gasteiger partial charge in [0, 0.05) is 6.04 Å². The molecule has 2 fully saturated rings. The van der Waals surface area contributed by atoms with Crippen LogP contribution in [0.5, 0.6) is 0 Å². The van der Waals surface area contributed by atoms with E-state index in [1.165, 1.54) is 37.8 Å². The summed E-state index contributed by atoms with van der Waals surface area (Å²) in [6.07, 6.45) is 0.565. The van der Waals surface area contributed by atoms with Gasteiger partial charge in [-0.15, -0.1) is 0 Å². The molecule has 2 saturated carbocycles. The van der Waals surface area contributed by atoms with Crippen molar-refractivity contribution in [1.29, 1.82) is 0 Å². The lowest BCUT2D eigenvalue weighted by atomic mass is 9.94. The minimum atomic E-state index is -4.27. The number of nitrogens with one attached hydrogen (secondary N) is 1. The van der Waals surface area contributed by atoms with Crippen LogP contribution < -0.4 is 5.32 Å². The molecule has 3 rings (SSSR count). The molecule has 0 aromatic heterocycles. The van der Waals surface area contributed by atoms with E-state index in [1.807, 2.05) is 6.92 Å². The normalized spacial score (nSPS) is 29.8. The number of rotatable bonds is 4. The molecule has 3 atom stereocenters. The van der Waals surface area contributed by atoms with E-state index in [-0.39, 0.29) is 6.04 Å². The Hall–Kier alpha value is -1.03. The topological polar surface area (TPSA) is 12.0 Å². The van der Waals surface area contributed by atoms with Gasteiger partial charge in [-0.1, -0.05) is 38.0 Å². The lowest BCUT2D eigenvalue weighted by molar-refractivity contribution is -0.138. The SMILES string of the molecule is CCNC(c1ccccc1C(F)(F)F)C1C2CCCCC21. The maximum atomic E-state index is 13.3. The summed E-state index contributed by atoms with van der Waals surface area (Å²) in [6.45, 7) is 2.67. The molecule has 4 heteroatoms. The van der Waals surface area contributed by atoms with Crippen molar-refractivity contribution in [3.63, 3.8) is 0 Å². The van der Waals surface area contributed by atoms with Crippen molar-refractivity contribution in [2.45, 2.75) is 44.8 Å². The second-order valence-electron chi connectivity index (χ2n) is 6.31. The molecule has 2 aliphatic carbocycles. The molecule has 0 aliphatic heterocycles. The molecular weight excluding hydrogens is 275 g/mol. The second-order valence-corrected chi connectivity index (χ2v) is 6.31. The Morgan fingerprint density at radius 2 is 1.76 bits per heavy atom. The van der Waals surface area contributed by atoms with Gasteiger partial charge in [-0.05, 0) is 48.8 Å². The number of hydrogen-bond acceptors (Lipinski definition) is 1. The van der Waals surface area contributed by atoms with E-state index >= 15 is 0 Å². The molecule has 1 aromatic carbocycles. The molecule has 0 radical (unpaired) electrons. The van der Waals surface area contributed by atoms with E-state index in [1.54, 1.807) is 12.1 Å². The molecule has 0 spiro atoms. The van der Waals surface area contributed by atoms with Gasteiger partial charge in [0.15, 0.2) is 0 Å². The highest BCUT2D eigenvalue weighted by Gasteiger charge is 2.55. The maximum absolute atomic E-state index is 13.3. The largest absolute Gasteiger partial charge is 0.416 e. The first-order valence-corrected chi connectivity index (χ1v) is 7.93.